The van der Waals surface area contributed by atoms with Gasteiger partial charge in [-0.3, -0.25) is 4.90 Å². The van der Waals surface area contributed by atoms with Crippen LogP contribution in [0.2, 0.25) is 0 Å². The number of halogens is 1. The summed E-state index contributed by atoms with van der Waals surface area (Å²) in [5.74, 6) is 1.09. The molecule has 146 valence electrons. The average Bonchev–Trinajstić information content (AvgIpc) is 3.12. The van der Waals surface area contributed by atoms with E-state index in [-0.39, 0.29) is 11.9 Å². The summed E-state index contributed by atoms with van der Waals surface area (Å²) < 4.78 is 19.8. The predicted molar refractivity (Wildman–Crippen MR) is 105 cm³/mol. The van der Waals surface area contributed by atoms with Crippen LogP contribution in [0.3, 0.4) is 0 Å². The number of benzene rings is 2. The van der Waals surface area contributed by atoms with Crippen molar-refractivity contribution in [3.63, 3.8) is 0 Å². The van der Waals surface area contributed by atoms with Crippen LogP contribution in [-0.4, -0.2) is 39.3 Å². The third-order valence-electron chi connectivity index (χ3n) is 4.91. The van der Waals surface area contributed by atoms with Crippen LogP contribution in [-0.2, 0) is 13.0 Å². The van der Waals surface area contributed by atoms with Gasteiger partial charge in [0.15, 0.2) is 0 Å². The fraction of sp³-hybridized carbons (Fsp3) is 0.364. The zero-order valence-corrected chi connectivity index (χ0v) is 16.1. The van der Waals surface area contributed by atoms with Crippen LogP contribution in [0.4, 0.5) is 4.39 Å². The Labute approximate surface area is 163 Å². The first-order valence-electron chi connectivity index (χ1n) is 9.60. The van der Waals surface area contributed by atoms with E-state index in [0.29, 0.717) is 48.4 Å². The Morgan fingerprint density at radius 2 is 1.86 bits per heavy atom. The molecule has 1 aliphatic heterocycles. The summed E-state index contributed by atoms with van der Waals surface area (Å²) in [7, 11) is 0. The molecular formula is C22H24FN3O2. The Kier molecular flexibility index (Phi) is 5.24. The zero-order chi connectivity index (χ0) is 19.7. The lowest BCUT2D eigenvalue weighted by molar-refractivity contribution is -0.00342. The molecule has 28 heavy (non-hydrogen) atoms. The second-order valence-electron chi connectivity index (χ2n) is 7.87. The highest BCUT2D eigenvalue weighted by atomic mass is 19.1. The van der Waals surface area contributed by atoms with Gasteiger partial charge in [0.1, 0.15) is 5.82 Å². The van der Waals surface area contributed by atoms with Crippen molar-refractivity contribution in [2.24, 2.45) is 5.92 Å². The van der Waals surface area contributed by atoms with Gasteiger partial charge in [-0.25, -0.2) is 4.39 Å². The first-order valence-corrected chi connectivity index (χ1v) is 9.60. The van der Waals surface area contributed by atoms with Gasteiger partial charge in [-0.15, -0.1) is 0 Å². The Morgan fingerprint density at radius 1 is 1.14 bits per heavy atom. The average molecular weight is 381 g/mol. The van der Waals surface area contributed by atoms with Crippen LogP contribution in [0.1, 0.15) is 25.0 Å². The molecule has 0 amide bonds. The standard InChI is InChI=1S/C22H24FN3O2/c1-14(2)9-15-3-5-16(6-4-15)22-24-21(25-28-22)17-7-8-18(20(23)10-17)11-26-12-19(27)13-26/h3-8,10,14,19,27H,9,11-13H2,1-2H3. The van der Waals surface area contributed by atoms with Crippen LogP contribution >= 0.6 is 0 Å². The van der Waals surface area contributed by atoms with Crippen molar-refractivity contribution in [1.29, 1.82) is 0 Å². The number of likely N-dealkylation sites (tertiary alicyclic amines) is 1. The van der Waals surface area contributed by atoms with E-state index in [9.17, 15) is 9.50 Å². The highest BCUT2D eigenvalue weighted by Crippen LogP contribution is 2.25. The molecule has 1 aliphatic rings. The molecule has 4 rings (SSSR count). The number of hydrogen-bond donors (Lipinski definition) is 1. The number of aliphatic hydroxyl groups excluding tert-OH is 1. The molecule has 0 bridgehead atoms. The number of hydrogen-bond acceptors (Lipinski definition) is 5. The quantitative estimate of drug-likeness (QED) is 0.701. The van der Waals surface area contributed by atoms with Crippen molar-refractivity contribution in [2.75, 3.05) is 13.1 Å². The summed E-state index contributed by atoms with van der Waals surface area (Å²) in [6, 6.07) is 13.1. The molecule has 0 radical (unpaired) electrons. The first kappa shape index (κ1) is 18.8. The van der Waals surface area contributed by atoms with Crippen molar-refractivity contribution >= 4 is 0 Å². The summed E-state index contributed by atoms with van der Waals surface area (Å²) in [6.07, 6.45) is 0.733. The van der Waals surface area contributed by atoms with Gasteiger partial charge in [0.2, 0.25) is 5.82 Å². The second kappa shape index (κ2) is 7.81. The van der Waals surface area contributed by atoms with Crippen LogP contribution in [0.5, 0.6) is 0 Å². The third kappa shape index (κ3) is 4.13. The van der Waals surface area contributed by atoms with Gasteiger partial charge in [-0.05, 0) is 36.1 Å². The van der Waals surface area contributed by atoms with E-state index < -0.39 is 0 Å². The van der Waals surface area contributed by atoms with Crippen molar-refractivity contribution in [3.8, 4) is 22.8 Å². The molecule has 3 aromatic rings. The summed E-state index contributed by atoms with van der Waals surface area (Å²) in [5, 5.41) is 13.4. The Hall–Kier alpha value is -2.57. The molecule has 0 spiro atoms. The van der Waals surface area contributed by atoms with Gasteiger partial charge in [0, 0.05) is 36.3 Å². The molecular weight excluding hydrogens is 357 g/mol. The second-order valence-corrected chi connectivity index (χ2v) is 7.87. The minimum absolute atomic E-state index is 0.292. The molecule has 1 N–H and O–H groups in total. The number of nitrogens with zero attached hydrogens (tertiary/aromatic N) is 3. The van der Waals surface area contributed by atoms with E-state index in [1.54, 1.807) is 12.1 Å². The number of aromatic nitrogens is 2. The molecule has 0 unspecified atom stereocenters. The SMILES string of the molecule is CC(C)Cc1ccc(-c2nc(-c3ccc(CN4CC(O)C4)c(F)c3)no2)cc1. The normalized spacial score (nSPS) is 15.2. The number of aliphatic hydroxyl groups is 1. The van der Waals surface area contributed by atoms with Gasteiger partial charge in [0.05, 0.1) is 6.10 Å². The fourth-order valence-electron chi connectivity index (χ4n) is 3.44. The van der Waals surface area contributed by atoms with Crippen LogP contribution in [0, 0.1) is 11.7 Å². The molecule has 2 aromatic carbocycles. The predicted octanol–water partition coefficient (Wildman–Crippen LogP) is 3.92. The zero-order valence-electron chi connectivity index (χ0n) is 16.1. The summed E-state index contributed by atoms with van der Waals surface area (Å²) in [6.45, 7) is 6.05. The monoisotopic (exact) mass is 381 g/mol. The van der Waals surface area contributed by atoms with Crippen molar-refractivity contribution in [2.45, 2.75) is 32.9 Å². The molecule has 5 nitrogen and oxygen atoms in total. The Morgan fingerprint density at radius 3 is 2.50 bits per heavy atom. The maximum atomic E-state index is 14.5. The lowest BCUT2D eigenvalue weighted by Crippen LogP contribution is -2.49. The van der Waals surface area contributed by atoms with Gasteiger partial charge in [-0.2, -0.15) is 4.98 Å². The van der Waals surface area contributed by atoms with Crippen LogP contribution in [0.25, 0.3) is 22.8 Å². The van der Waals surface area contributed by atoms with E-state index in [0.717, 1.165) is 12.0 Å². The maximum absolute atomic E-state index is 14.5. The van der Waals surface area contributed by atoms with Gasteiger partial charge in [-0.1, -0.05) is 43.3 Å². The molecule has 1 fully saturated rings. The van der Waals surface area contributed by atoms with Crippen LogP contribution in [0.15, 0.2) is 47.0 Å². The summed E-state index contributed by atoms with van der Waals surface area (Å²) in [4.78, 5) is 6.42. The number of rotatable bonds is 6. The summed E-state index contributed by atoms with van der Waals surface area (Å²) in [5.41, 5.74) is 3.29. The molecule has 0 saturated carbocycles. The molecule has 1 aromatic heterocycles. The lowest BCUT2D eigenvalue weighted by atomic mass is 10.0. The molecule has 0 aliphatic carbocycles. The van der Waals surface area contributed by atoms with Gasteiger partial charge >= 0.3 is 0 Å². The van der Waals surface area contributed by atoms with Crippen molar-refractivity contribution < 1.29 is 14.0 Å². The maximum Gasteiger partial charge on any atom is 0.258 e. The largest absolute Gasteiger partial charge is 0.390 e. The Bertz CT molecular complexity index is 947. The van der Waals surface area contributed by atoms with Crippen LogP contribution < -0.4 is 0 Å². The fourth-order valence-corrected chi connectivity index (χ4v) is 3.44. The first-order chi connectivity index (χ1) is 13.5. The van der Waals surface area contributed by atoms with E-state index in [1.165, 1.54) is 11.6 Å². The van der Waals surface area contributed by atoms with Gasteiger partial charge < -0.3 is 9.63 Å². The topological polar surface area (TPSA) is 62.4 Å². The minimum Gasteiger partial charge on any atom is -0.390 e. The smallest absolute Gasteiger partial charge is 0.258 e. The van der Waals surface area contributed by atoms with E-state index in [4.69, 9.17) is 4.52 Å². The third-order valence-corrected chi connectivity index (χ3v) is 4.91. The van der Waals surface area contributed by atoms with E-state index in [2.05, 4.69) is 36.1 Å². The lowest BCUT2D eigenvalue weighted by Gasteiger charge is -2.35. The Balaban J connectivity index is 1.48. The molecule has 6 heteroatoms. The molecule has 2 heterocycles. The summed E-state index contributed by atoms with van der Waals surface area (Å²) >= 11 is 0. The minimum atomic E-state index is -0.303. The number of β-amino-alcohol motifs (C(OH)–C–C–N with tert-alkyl or cyclic N) is 1. The van der Waals surface area contributed by atoms with Crippen molar-refractivity contribution in [3.05, 3.63) is 59.4 Å². The highest BCUT2D eigenvalue weighted by Gasteiger charge is 2.25. The van der Waals surface area contributed by atoms with E-state index >= 15 is 0 Å². The molecule has 0 atom stereocenters. The van der Waals surface area contributed by atoms with E-state index in [1.807, 2.05) is 17.0 Å². The van der Waals surface area contributed by atoms with Gasteiger partial charge in [0.25, 0.3) is 5.89 Å². The molecule has 1 saturated heterocycles. The van der Waals surface area contributed by atoms with Crippen molar-refractivity contribution in [1.82, 2.24) is 15.0 Å². The highest BCUT2D eigenvalue weighted by molar-refractivity contribution is 5.60.